The molecule has 1 aliphatic carbocycles. The average Bonchev–Trinajstić information content (AvgIpc) is 2.58. The lowest BCUT2D eigenvalue weighted by molar-refractivity contribution is 0.495. The van der Waals surface area contributed by atoms with E-state index in [1.54, 1.807) is 12.1 Å². The van der Waals surface area contributed by atoms with Gasteiger partial charge in [-0.05, 0) is 48.9 Å². The topological polar surface area (TPSA) is 47.8 Å². The highest BCUT2D eigenvalue weighted by Gasteiger charge is 2.19. The number of hydrogen-bond donors (Lipinski definition) is 0. The van der Waals surface area contributed by atoms with Crippen LogP contribution < -0.4 is 5.56 Å². The highest BCUT2D eigenvalue weighted by Crippen LogP contribution is 2.25. The normalized spacial score (nSPS) is 16.8. The van der Waals surface area contributed by atoms with Gasteiger partial charge in [-0.3, -0.25) is 9.36 Å². The van der Waals surface area contributed by atoms with Crippen LogP contribution in [0.4, 0.5) is 4.39 Å². The van der Waals surface area contributed by atoms with Crippen molar-refractivity contribution in [3.63, 3.8) is 0 Å². The van der Waals surface area contributed by atoms with Gasteiger partial charge in [-0.15, -0.1) is 0 Å². The van der Waals surface area contributed by atoms with E-state index in [0.29, 0.717) is 27.0 Å². The second-order valence-corrected chi connectivity index (χ2v) is 7.64. The van der Waals surface area contributed by atoms with Crippen LogP contribution in [0.5, 0.6) is 0 Å². The second-order valence-electron chi connectivity index (χ2n) is 6.73. The van der Waals surface area contributed by atoms with Crippen LogP contribution >= 0.6 is 15.9 Å². The minimum absolute atomic E-state index is 0.147. The number of nitrogens with zero attached hydrogens (tertiary/aromatic N) is 3. The molecule has 2 heterocycles. The Hall–Kier alpha value is -2.08. The van der Waals surface area contributed by atoms with Gasteiger partial charge in [0.05, 0.1) is 11.9 Å². The van der Waals surface area contributed by atoms with E-state index in [-0.39, 0.29) is 17.9 Å². The molecular formula is C19H17BrFN3O. The lowest BCUT2D eigenvalue weighted by Gasteiger charge is -2.20. The van der Waals surface area contributed by atoms with Gasteiger partial charge in [0, 0.05) is 15.7 Å². The lowest BCUT2D eigenvalue weighted by Crippen LogP contribution is -2.23. The molecule has 0 saturated heterocycles. The van der Waals surface area contributed by atoms with E-state index in [1.807, 2.05) is 6.07 Å². The Kier molecular flexibility index (Phi) is 4.15. The Morgan fingerprint density at radius 3 is 3.00 bits per heavy atom. The first-order valence-corrected chi connectivity index (χ1v) is 9.12. The number of halogens is 2. The molecular weight excluding hydrogens is 385 g/mol. The summed E-state index contributed by atoms with van der Waals surface area (Å²) in [6, 6.07) is 6.76. The van der Waals surface area contributed by atoms with Gasteiger partial charge in [0.1, 0.15) is 12.1 Å². The molecule has 1 unspecified atom stereocenters. The fraction of sp³-hybridized carbons (Fsp3) is 0.316. The second kappa shape index (κ2) is 6.33. The third-order valence-electron chi connectivity index (χ3n) is 4.78. The molecule has 3 aromatic rings. The summed E-state index contributed by atoms with van der Waals surface area (Å²) in [5.41, 5.74) is 2.93. The molecule has 4 nitrogen and oxygen atoms in total. The van der Waals surface area contributed by atoms with Crippen LogP contribution in [0.15, 0.2) is 39.9 Å². The number of hydrogen-bond acceptors (Lipinski definition) is 3. The third-order valence-corrected chi connectivity index (χ3v) is 5.27. The van der Waals surface area contributed by atoms with Crippen LogP contribution in [-0.2, 0) is 19.4 Å². The van der Waals surface area contributed by atoms with Crippen LogP contribution in [0.25, 0.3) is 11.0 Å². The zero-order valence-corrected chi connectivity index (χ0v) is 15.4. The first-order chi connectivity index (χ1) is 12.0. The van der Waals surface area contributed by atoms with E-state index in [0.717, 1.165) is 30.5 Å². The summed E-state index contributed by atoms with van der Waals surface area (Å²) >= 11 is 3.24. The fourth-order valence-electron chi connectivity index (χ4n) is 3.37. The van der Waals surface area contributed by atoms with E-state index in [9.17, 15) is 9.18 Å². The molecule has 0 amide bonds. The largest absolute Gasteiger partial charge is 0.294 e. The van der Waals surface area contributed by atoms with Crippen molar-refractivity contribution in [3.05, 3.63) is 68.1 Å². The minimum Gasteiger partial charge on any atom is -0.294 e. The molecule has 1 aromatic carbocycles. The molecule has 6 heteroatoms. The molecule has 0 aliphatic heterocycles. The van der Waals surface area contributed by atoms with Crippen molar-refractivity contribution >= 4 is 27.0 Å². The number of aryl methyl sites for hydroxylation is 1. The highest BCUT2D eigenvalue weighted by atomic mass is 79.9. The van der Waals surface area contributed by atoms with Gasteiger partial charge < -0.3 is 0 Å². The molecule has 1 aliphatic rings. The van der Waals surface area contributed by atoms with Gasteiger partial charge in [-0.25, -0.2) is 14.4 Å². The van der Waals surface area contributed by atoms with Crippen molar-refractivity contribution in [3.8, 4) is 0 Å². The van der Waals surface area contributed by atoms with Crippen molar-refractivity contribution < 1.29 is 4.39 Å². The zero-order chi connectivity index (χ0) is 17.6. The highest BCUT2D eigenvalue weighted by molar-refractivity contribution is 9.10. The van der Waals surface area contributed by atoms with Crippen molar-refractivity contribution in [2.24, 2.45) is 5.92 Å². The quantitative estimate of drug-likeness (QED) is 0.654. The monoisotopic (exact) mass is 401 g/mol. The standard InChI is InChI=1S/C19H17BrFN3O/c1-11-2-5-17-13(6-11)7-15-18(23-17)22-10-24(19(15)25)9-12-3-4-14(20)8-16(12)21/h3-4,7-8,10-11H,2,5-6,9H2,1H3. The maximum Gasteiger partial charge on any atom is 0.263 e. The van der Waals surface area contributed by atoms with Crippen LogP contribution in [-0.4, -0.2) is 14.5 Å². The molecule has 25 heavy (non-hydrogen) atoms. The van der Waals surface area contributed by atoms with Crippen LogP contribution in [0.2, 0.25) is 0 Å². The SMILES string of the molecule is CC1CCc2nc3ncn(Cc4ccc(Br)cc4F)c(=O)c3cc2C1. The number of pyridine rings is 1. The summed E-state index contributed by atoms with van der Waals surface area (Å²) in [7, 11) is 0. The molecule has 0 saturated carbocycles. The van der Waals surface area contributed by atoms with Crippen LogP contribution in [0, 0.1) is 11.7 Å². The molecule has 1 atom stereocenters. The third kappa shape index (κ3) is 3.11. The van der Waals surface area contributed by atoms with Gasteiger partial charge in [0.15, 0.2) is 5.65 Å². The van der Waals surface area contributed by atoms with Gasteiger partial charge in [0.25, 0.3) is 5.56 Å². The number of rotatable bonds is 2. The van der Waals surface area contributed by atoms with Crippen molar-refractivity contribution in [1.29, 1.82) is 0 Å². The number of fused-ring (bicyclic) bond motifs is 2. The van der Waals surface area contributed by atoms with Crippen molar-refractivity contribution in [1.82, 2.24) is 14.5 Å². The molecule has 128 valence electrons. The van der Waals surface area contributed by atoms with E-state index < -0.39 is 0 Å². The Morgan fingerprint density at radius 2 is 2.20 bits per heavy atom. The maximum absolute atomic E-state index is 14.1. The predicted molar refractivity (Wildman–Crippen MR) is 98.2 cm³/mol. The molecule has 0 fully saturated rings. The van der Waals surface area contributed by atoms with Crippen molar-refractivity contribution in [2.45, 2.75) is 32.7 Å². The average molecular weight is 402 g/mol. The Bertz CT molecular complexity index is 1030. The summed E-state index contributed by atoms with van der Waals surface area (Å²) < 4.78 is 16.2. The molecule has 0 spiro atoms. The van der Waals surface area contributed by atoms with Gasteiger partial charge in [-0.1, -0.05) is 28.9 Å². The fourth-order valence-corrected chi connectivity index (χ4v) is 3.70. The maximum atomic E-state index is 14.1. The van der Waals surface area contributed by atoms with E-state index >= 15 is 0 Å². The minimum atomic E-state index is -0.348. The summed E-state index contributed by atoms with van der Waals surface area (Å²) in [5.74, 6) is 0.251. The summed E-state index contributed by atoms with van der Waals surface area (Å²) in [5, 5.41) is 0.507. The summed E-state index contributed by atoms with van der Waals surface area (Å²) in [4.78, 5) is 21.7. The Balaban J connectivity index is 1.78. The van der Waals surface area contributed by atoms with E-state index in [1.165, 1.54) is 17.0 Å². The number of aromatic nitrogens is 3. The predicted octanol–water partition coefficient (Wildman–Crippen LogP) is 3.87. The lowest BCUT2D eigenvalue weighted by atomic mass is 9.87. The number of benzene rings is 1. The van der Waals surface area contributed by atoms with Crippen molar-refractivity contribution in [2.75, 3.05) is 0 Å². The molecule has 0 bridgehead atoms. The van der Waals surface area contributed by atoms with Gasteiger partial charge >= 0.3 is 0 Å². The van der Waals surface area contributed by atoms with Crippen LogP contribution in [0.1, 0.15) is 30.2 Å². The van der Waals surface area contributed by atoms with E-state index in [2.05, 4.69) is 32.8 Å². The first kappa shape index (κ1) is 16.4. The Morgan fingerprint density at radius 1 is 1.36 bits per heavy atom. The zero-order valence-electron chi connectivity index (χ0n) is 13.8. The molecule has 2 aromatic heterocycles. The molecule has 0 N–H and O–H groups in total. The summed E-state index contributed by atoms with van der Waals surface area (Å²) in [6.45, 7) is 2.36. The first-order valence-electron chi connectivity index (χ1n) is 8.33. The van der Waals surface area contributed by atoms with Crippen LogP contribution in [0.3, 0.4) is 0 Å². The smallest absolute Gasteiger partial charge is 0.263 e. The van der Waals surface area contributed by atoms with E-state index in [4.69, 9.17) is 0 Å². The molecule has 0 radical (unpaired) electrons. The Labute approximate surface area is 152 Å². The van der Waals surface area contributed by atoms with Gasteiger partial charge in [-0.2, -0.15) is 0 Å². The summed E-state index contributed by atoms with van der Waals surface area (Å²) in [6.07, 6.45) is 4.44. The van der Waals surface area contributed by atoms with Gasteiger partial charge in [0.2, 0.25) is 0 Å². The molecule has 4 rings (SSSR count).